The summed E-state index contributed by atoms with van der Waals surface area (Å²) in [6.45, 7) is 8.01. The average Bonchev–Trinajstić information content (AvgIpc) is 2.19. The molecule has 1 rings (SSSR count). The molecule has 0 aromatic heterocycles. The second kappa shape index (κ2) is 5.50. The zero-order valence-corrected chi connectivity index (χ0v) is 10.2. The van der Waals surface area contributed by atoms with E-state index in [0.717, 1.165) is 18.9 Å². The van der Waals surface area contributed by atoms with Crippen LogP contribution in [-0.2, 0) is 4.79 Å². The van der Waals surface area contributed by atoms with E-state index in [1.807, 2.05) is 11.8 Å². The Balaban J connectivity index is 2.52. The molecule has 0 bridgehead atoms. The molecule has 0 aromatic rings. The van der Waals surface area contributed by atoms with E-state index in [1.165, 1.54) is 6.42 Å². The lowest BCUT2D eigenvalue weighted by Gasteiger charge is -2.37. The third-order valence-electron chi connectivity index (χ3n) is 3.22. The smallest absolute Gasteiger partial charge is 0.222 e. The lowest BCUT2D eigenvalue weighted by Crippen LogP contribution is -2.48. The molecule has 15 heavy (non-hydrogen) atoms. The molecule has 1 saturated heterocycles. The van der Waals surface area contributed by atoms with E-state index < -0.39 is 0 Å². The number of carbonyl (C=O) groups excluding carboxylic acids is 1. The Kier molecular flexibility index (Phi) is 4.58. The van der Waals surface area contributed by atoms with Crippen molar-refractivity contribution < 1.29 is 4.79 Å². The van der Waals surface area contributed by atoms with Crippen LogP contribution in [0.15, 0.2) is 0 Å². The highest BCUT2D eigenvalue weighted by molar-refractivity contribution is 5.77. The summed E-state index contributed by atoms with van der Waals surface area (Å²) in [6.07, 6.45) is 2.99. The van der Waals surface area contributed by atoms with Gasteiger partial charge in [-0.05, 0) is 31.6 Å². The van der Waals surface area contributed by atoms with E-state index in [1.54, 1.807) is 0 Å². The van der Waals surface area contributed by atoms with Gasteiger partial charge in [-0.2, -0.15) is 0 Å². The van der Waals surface area contributed by atoms with Crippen LogP contribution >= 0.6 is 0 Å². The van der Waals surface area contributed by atoms with Gasteiger partial charge in [0.25, 0.3) is 0 Å². The van der Waals surface area contributed by atoms with E-state index in [2.05, 4.69) is 13.8 Å². The van der Waals surface area contributed by atoms with Crippen LogP contribution in [0.3, 0.4) is 0 Å². The summed E-state index contributed by atoms with van der Waals surface area (Å²) in [5, 5.41) is 0. The van der Waals surface area contributed by atoms with Crippen molar-refractivity contribution in [3.05, 3.63) is 0 Å². The van der Waals surface area contributed by atoms with Gasteiger partial charge in [0.05, 0.1) is 0 Å². The van der Waals surface area contributed by atoms with Crippen LogP contribution in [0.25, 0.3) is 0 Å². The van der Waals surface area contributed by atoms with Crippen LogP contribution in [-0.4, -0.2) is 29.9 Å². The van der Waals surface area contributed by atoms with Gasteiger partial charge in [0, 0.05) is 25.6 Å². The fourth-order valence-corrected chi connectivity index (χ4v) is 2.35. The Morgan fingerprint density at radius 1 is 1.47 bits per heavy atom. The molecule has 2 N–H and O–H groups in total. The molecule has 1 heterocycles. The van der Waals surface area contributed by atoms with Gasteiger partial charge in [-0.15, -0.1) is 0 Å². The summed E-state index contributed by atoms with van der Waals surface area (Å²) in [4.78, 5) is 13.7. The molecule has 1 amide bonds. The van der Waals surface area contributed by atoms with Crippen LogP contribution in [0, 0.1) is 11.8 Å². The third-order valence-corrected chi connectivity index (χ3v) is 3.22. The molecular weight excluding hydrogens is 188 g/mol. The normalized spacial score (nSPS) is 24.7. The van der Waals surface area contributed by atoms with Crippen LogP contribution in [0.5, 0.6) is 0 Å². The van der Waals surface area contributed by atoms with Gasteiger partial charge in [-0.1, -0.05) is 13.8 Å². The molecule has 3 nitrogen and oxygen atoms in total. The Morgan fingerprint density at radius 3 is 2.67 bits per heavy atom. The first-order valence-electron chi connectivity index (χ1n) is 6.04. The molecule has 2 atom stereocenters. The van der Waals surface area contributed by atoms with E-state index in [-0.39, 0.29) is 11.9 Å². The maximum Gasteiger partial charge on any atom is 0.222 e. The summed E-state index contributed by atoms with van der Waals surface area (Å²) >= 11 is 0. The minimum atomic E-state index is 0.201. The van der Waals surface area contributed by atoms with Gasteiger partial charge in [0.15, 0.2) is 0 Å². The maximum atomic E-state index is 11.7. The minimum Gasteiger partial charge on any atom is -0.338 e. The monoisotopic (exact) mass is 212 g/mol. The number of nitrogens with zero attached hydrogens (tertiary/aromatic N) is 1. The molecular formula is C12H24N2O. The predicted molar refractivity (Wildman–Crippen MR) is 62.4 cm³/mol. The summed E-state index contributed by atoms with van der Waals surface area (Å²) in [7, 11) is 0. The number of likely N-dealkylation sites (tertiary alicyclic amines) is 1. The Morgan fingerprint density at radius 2 is 2.13 bits per heavy atom. The molecule has 3 heteroatoms. The fourth-order valence-electron chi connectivity index (χ4n) is 2.35. The second-order valence-electron chi connectivity index (χ2n) is 5.17. The van der Waals surface area contributed by atoms with Crippen LogP contribution in [0.4, 0.5) is 0 Å². The number of amides is 1. The van der Waals surface area contributed by atoms with Crippen molar-refractivity contribution in [3.8, 4) is 0 Å². The number of hydrogen-bond donors (Lipinski definition) is 1. The van der Waals surface area contributed by atoms with Gasteiger partial charge in [0.1, 0.15) is 0 Å². The van der Waals surface area contributed by atoms with E-state index >= 15 is 0 Å². The molecule has 1 fully saturated rings. The lowest BCUT2D eigenvalue weighted by atomic mass is 9.89. The summed E-state index contributed by atoms with van der Waals surface area (Å²) in [5.41, 5.74) is 5.62. The highest BCUT2D eigenvalue weighted by Gasteiger charge is 2.28. The standard InChI is InChI=1S/C12H24N2O/c1-9(2)6-11-4-5-12(15)14(8-11)10(3)7-13/h9-11H,4-8,13H2,1-3H3. The van der Waals surface area contributed by atoms with Gasteiger partial charge in [0.2, 0.25) is 5.91 Å². The van der Waals surface area contributed by atoms with E-state index in [0.29, 0.717) is 18.9 Å². The zero-order chi connectivity index (χ0) is 11.4. The van der Waals surface area contributed by atoms with Gasteiger partial charge in [-0.3, -0.25) is 4.79 Å². The third kappa shape index (κ3) is 3.49. The van der Waals surface area contributed by atoms with Crippen molar-refractivity contribution in [2.24, 2.45) is 17.6 Å². The zero-order valence-electron chi connectivity index (χ0n) is 10.2. The molecule has 0 aromatic carbocycles. The molecule has 0 spiro atoms. The first-order chi connectivity index (χ1) is 7.04. The molecule has 2 unspecified atom stereocenters. The number of rotatable bonds is 4. The molecule has 1 aliphatic heterocycles. The van der Waals surface area contributed by atoms with Crippen molar-refractivity contribution in [2.45, 2.75) is 46.1 Å². The van der Waals surface area contributed by atoms with Crippen molar-refractivity contribution in [2.75, 3.05) is 13.1 Å². The van der Waals surface area contributed by atoms with Gasteiger partial charge in [-0.25, -0.2) is 0 Å². The molecule has 0 aliphatic carbocycles. The summed E-state index contributed by atoms with van der Waals surface area (Å²) in [5.74, 6) is 1.68. The Hall–Kier alpha value is -0.570. The van der Waals surface area contributed by atoms with Gasteiger partial charge < -0.3 is 10.6 Å². The summed E-state index contributed by atoms with van der Waals surface area (Å²) < 4.78 is 0. The number of carbonyl (C=O) groups is 1. The second-order valence-corrected chi connectivity index (χ2v) is 5.17. The largest absolute Gasteiger partial charge is 0.338 e. The van der Waals surface area contributed by atoms with Crippen LogP contribution < -0.4 is 5.73 Å². The minimum absolute atomic E-state index is 0.201. The fraction of sp³-hybridized carbons (Fsp3) is 0.917. The van der Waals surface area contributed by atoms with Crippen LogP contribution in [0.2, 0.25) is 0 Å². The quantitative estimate of drug-likeness (QED) is 0.769. The molecule has 88 valence electrons. The summed E-state index contributed by atoms with van der Waals surface area (Å²) in [6, 6.07) is 0.201. The number of hydrogen-bond acceptors (Lipinski definition) is 2. The van der Waals surface area contributed by atoms with Crippen molar-refractivity contribution in [3.63, 3.8) is 0 Å². The first kappa shape index (κ1) is 12.5. The maximum absolute atomic E-state index is 11.7. The topological polar surface area (TPSA) is 46.3 Å². The SMILES string of the molecule is CC(C)CC1CCC(=O)N(C(C)CN)C1. The van der Waals surface area contributed by atoms with Crippen molar-refractivity contribution in [1.82, 2.24) is 4.90 Å². The van der Waals surface area contributed by atoms with Gasteiger partial charge >= 0.3 is 0 Å². The highest BCUT2D eigenvalue weighted by atomic mass is 16.2. The predicted octanol–water partition coefficient (Wildman–Crippen LogP) is 1.62. The Labute approximate surface area is 93.0 Å². The number of piperidine rings is 1. The Bertz CT molecular complexity index is 216. The first-order valence-corrected chi connectivity index (χ1v) is 6.04. The van der Waals surface area contributed by atoms with Crippen molar-refractivity contribution in [1.29, 1.82) is 0 Å². The highest BCUT2D eigenvalue weighted by Crippen LogP contribution is 2.24. The van der Waals surface area contributed by atoms with E-state index in [9.17, 15) is 4.79 Å². The molecule has 0 saturated carbocycles. The average molecular weight is 212 g/mol. The number of nitrogens with two attached hydrogens (primary N) is 1. The van der Waals surface area contributed by atoms with Crippen LogP contribution in [0.1, 0.15) is 40.0 Å². The van der Waals surface area contributed by atoms with E-state index in [4.69, 9.17) is 5.73 Å². The van der Waals surface area contributed by atoms with Crippen molar-refractivity contribution >= 4 is 5.91 Å². The molecule has 1 aliphatic rings. The lowest BCUT2D eigenvalue weighted by molar-refractivity contribution is -0.137. The molecule has 0 radical (unpaired) electrons.